The number of thioether (sulfide) groups is 1. The molecule has 2 rings (SSSR count). The Kier molecular flexibility index (Phi) is 4.82. The van der Waals surface area contributed by atoms with E-state index in [2.05, 4.69) is 38.9 Å². The smallest absolute Gasteiger partial charge is 0.178 e. The summed E-state index contributed by atoms with van der Waals surface area (Å²) in [6.45, 7) is 8.07. The van der Waals surface area contributed by atoms with Crippen LogP contribution in [0.5, 0.6) is 0 Å². The third-order valence-corrected chi connectivity index (χ3v) is 3.41. The Morgan fingerprint density at radius 2 is 2.35 bits per heavy atom. The van der Waals surface area contributed by atoms with Crippen molar-refractivity contribution in [1.82, 2.24) is 4.98 Å². The Labute approximate surface area is 121 Å². The van der Waals surface area contributed by atoms with E-state index in [9.17, 15) is 0 Å². The molecule has 0 bridgehead atoms. The predicted octanol–water partition coefficient (Wildman–Crippen LogP) is 1.83. The zero-order chi connectivity index (χ0) is 14.4. The summed E-state index contributed by atoms with van der Waals surface area (Å²) in [5.74, 6) is 0. The molecular formula is C15H14N4S. The number of fused-ring (bicyclic) bond motifs is 1. The van der Waals surface area contributed by atoms with E-state index in [1.165, 1.54) is 11.8 Å². The first-order chi connectivity index (χ1) is 9.74. The van der Waals surface area contributed by atoms with Crippen LogP contribution in [0.25, 0.3) is 0 Å². The van der Waals surface area contributed by atoms with Gasteiger partial charge in [0.05, 0.1) is 11.6 Å². The maximum Gasteiger partial charge on any atom is 0.178 e. The monoisotopic (exact) mass is 282 g/mol. The first-order valence-corrected chi connectivity index (χ1v) is 6.78. The van der Waals surface area contributed by atoms with E-state index in [-0.39, 0.29) is 0 Å². The average molecular weight is 282 g/mol. The molecule has 0 amide bonds. The van der Waals surface area contributed by atoms with Gasteiger partial charge >= 0.3 is 0 Å². The van der Waals surface area contributed by atoms with Gasteiger partial charge in [0.2, 0.25) is 0 Å². The van der Waals surface area contributed by atoms with E-state index >= 15 is 0 Å². The molecule has 5 heteroatoms. The summed E-state index contributed by atoms with van der Waals surface area (Å²) in [5, 5.41) is 1.39. The Hall–Kier alpha value is -2.23. The zero-order valence-corrected chi connectivity index (χ0v) is 12.0. The van der Waals surface area contributed by atoms with Crippen molar-refractivity contribution in [2.45, 2.75) is 0 Å². The normalized spacial score (nSPS) is 18.9. The highest BCUT2D eigenvalue weighted by Crippen LogP contribution is 2.28. The molecule has 0 spiro atoms. The summed E-state index contributed by atoms with van der Waals surface area (Å²) in [5.41, 5.74) is 4.34. The Morgan fingerprint density at radius 3 is 3.10 bits per heavy atom. The molecule has 0 N–H and O–H groups in total. The van der Waals surface area contributed by atoms with E-state index in [1.807, 2.05) is 12.1 Å². The maximum atomic E-state index is 4.55. The van der Waals surface area contributed by atoms with Gasteiger partial charge in [0.25, 0.3) is 0 Å². The van der Waals surface area contributed by atoms with Gasteiger partial charge in [-0.1, -0.05) is 24.9 Å². The lowest BCUT2D eigenvalue weighted by molar-refractivity contribution is 1.02. The molecule has 0 saturated carbocycles. The minimum absolute atomic E-state index is 0.499. The highest BCUT2D eigenvalue weighted by atomic mass is 32.2. The molecule has 0 aliphatic carbocycles. The second-order valence-electron chi connectivity index (χ2n) is 3.90. The van der Waals surface area contributed by atoms with Crippen LogP contribution in [0.15, 0.2) is 73.8 Å². The van der Waals surface area contributed by atoms with Crippen molar-refractivity contribution in [3.05, 3.63) is 69.6 Å². The van der Waals surface area contributed by atoms with Gasteiger partial charge in [-0.2, -0.15) is 0 Å². The third-order valence-electron chi connectivity index (χ3n) is 2.48. The fraction of sp³-hybridized carbons (Fsp3) is 0.133. The minimum Gasteiger partial charge on any atom is -0.296 e. The van der Waals surface area contributed by atoms with Gasteiger partial charge in [-0.15, -0.1) is 5.73 Å². The highest BCUT2D eigenvalue weighted by Gasteiger charge is 2.07. The van der Waals surface area contributed by atoms with Gasteiger partial charge < -0.3 is 0 Å². The summed E-state index contributed by atoms with van der Waals surface area (Å²) >= 11 is 1.44. The lowest BCUT2D eigenvalue weighted by atomic mass is 10.2. The number of hydrogen-bond acceptors (Lipinski definition) is 5. The summed E-state index contributed by atoms with van der Waals surface area (Å²) in [6.07, 6.45) is 5.27. The molecule has 1 aliphatic rings. The molecule has 1 aromatic rings. The first kappa shape index (κ1) is 14.2. The van der Waals surface area contributed by atoms with Gasteiger partial charge in [-0.3, -0.25) is 9.98 Å². The summed E-state index contributed by atoms with van der Waals surface area (Å²) < 4.78 is 0. The van der Waals surface area contributed by atoms with Crippen LogP contribution in [-0.4, -0.2) is 24.8 Å². The van der Waals surface area contributed by atoms with Gasteiger partial charge in [0.1, 0.15) is 5.36 Å². The molecule has 0 saturated heterocycles. The van der Waals surface area contributed by atoms with Crippen molar-refractivity contribution in [2.24, 2.45) is 15.0 Å². The first-order valence-electron chi connectivity index (χ1n) is 5.96. The van der Waals surface area contributed by atoms with Gasteiger partial charge in [0, 0.05) is 29.9 Å². The molecule has 2 heterocycles. The SMILES string of the molecule is C=C=C/C1=C(\C=NC)CN=c2cccnc2=NC(=C)S1. The molecule has 0 unspecified atom stereocenters. The molecule has 0 radical (unpaired) electrons. The fourth-order valence-electron chi connectivity index (χ4n) is 1.65. The fourth-order valence-corrected chi connectivity index (χ4v) is 2.43. The molecule has 4 nitrogen and oxygen atoms in total. The Balaban J connectivity index is 2.64. The number of aliphatic imine (C=N–C) groups is 1. The van der Waals surface area contributed by atoms with Crippen LogP contribution < -0.4 is 10.8 Å². The number of rotatable bonds is 2. The molecule has 0 fully saturated rings. The van der Waals surface area contributed by atoms with Crippen LogP contribution in [0.3, 0.4) is 0 Å². The van der Waals surface area contributed by atoms with Crippen LogP contribution in [0.4, 0.5) is 0 Å². The highest BCUT2D eigenvalue weighted by molar-refractivity contribution is 8.06. The van der Waals surface area contributed by atoms with Crippen LogP contribution in [-0.2, 0) is 0 Å². The van der Waals surface area contributed by atoms with E-state index in [4.69, 9.17) is 0 Å². The van der Waals surface area contributed by atoms with E-state index in [0.717, 1.165) is 15.8 Å². The van der Waals surface area contributed by atoms with Crippen LogP contribution >= 0.6 is 11.8 Å². The second kappa shape index (κ2) is 6.80. The van der Waals surface area contributed by atoms with Crippen LogP contribution in [0, 0.1) is 0 Å². The van der Waals surface area contributed by atoms with Crippen molar-refractivity contribution < 1.29 is 0 Å². The summed E-state index contributed by atoms with van der Waals surface area (Å²) in [7, 11) is 1.73. The minimum atomic E-state index is 0.499. The van der Waals surface area contributed by atoms with E-state index in [1.54, 1.807) is 25.5 Å². The lowest BCUT2D eigenvalue weighted by Gasteiger charge is -2.04. The second-order valence-corrected chi connectivity index (χ2v) is 5.01. The molecule has 0 atom stereocenters. The van der Waals surface area contributed by atoms with Gasteiger partial charge in [-0.25, -0.2) is 9.98 Å². The number of hydrogen-bond donors (Lipinski definition) is 0. The van der Waals surface area contributed by atoms with Crippen molar-refractivity contribution in [1.29, 1.82) is 0 Å². The van der Waals surface area contributed by atoms with Gasteiger partial charge in [0.15, 0.2) is 5.49 Å². The molecule has 1 aliphatic heterocycles. The van der Waals surface area contributed by atoms with E-state index in [0.29, 0.717) is 17.1 Å². The molecular weight excluding hydrogens is 268 g/mol. The lowest BCUT2D eigenvalue weighted by Crippen LogP contribution is -2.28. The number of nitrogens with zero attached hydrogens (tertiary/aromatic N) is 4. The van der Waals surface area contributed by atoms with Crippen molar-refractivity contribution >= 4 is 18.0 Å². The Morgan fingerprint density at radius 1 is 1.50 bits per heavy atom. The molecule has 0 aromatic carbocycles. The van der Waals surface area contributed by atoms with E-state index < -0.39 is 0 Å². The van der Waals surface area contributed by atoms with Crippen molar-refractivity contribution in [3.63, 3.8) is 0 Å². The quantitative estimate of drug-likeness (QED) is 0.614. The van der Waals surface area contributed by atoms with Crippen LogP contribution in [0.1, 0.15) is 0 Å². The number of allylic oxidation sites excluding steroid dienone is 1. The standard InChI is InChI=1S/C15H14N4S/c1-4-6-14-12(9-16-3)10-18-13-7-5-8-17-15(13)19-11(2)20-14/h5-9H,1-2,10H2,3H3/b14-12-,16-9?,18-13?,19-15?. The van der Waals surface area contributed by atoms with Crippen molar-refractivity contribution in [3.8, 4) is 0 Å². The maximum absolute atomic E-state index is 4.55. The summed E-state index contributed by atoms with van der Waals surface area (Å²) in [6, 6.07) is 3.73. The zero-order valence-electron chi connectivity index (χ0n) is 11.2. The number of aromatic nitrogens is 1. The molecule has 1 aromatic heterocycles. The van der Waals surface area contributed by atoms with Crippen LogP contribution in [0.2, 0.25) is 0 Å². The number of pyridine rings is 1. The predicted molar refractivity (Wildman–Crippen MR) is 83.3 cm³/mol. The van der Waals surface area contributed by atoms with Gasteiger partial charge in [-0.05, 0) is 18.2 Å². The third kappa shape index (κ3) is 3.41. The van der Waals surface area contributed by atoms with Crippen molar-refractivity contribution in [2.75, 3.05) is 13.6 Å². The molecule has 20 heavy (non-hydrogen) atoms. The Bertz CT molecular complexity index is 752. The summed E-state index contributed by atoms with van der Waals surface area (Å²) in [4.78, 5) is 18.2. The largest absolute Gasteiger partial charge is 0.296 e. The topological polar surface area (TPSA) is 50.0 Å². The molecule has 100 valence electrons. The average Bonchev–Trinajstić information content (AvgIpc) is 2.49.